The molecule has 1 aromatic rings. The van der Waals surface area contributed by atoms with E-state index in [-0.39, 0.29) is 87.7 Å². The molecule has 0 aliphatic heterocycles. The van der Waals surface area contributed by atoms with Crippen LogP contribution in [-0.2, 0) is 42.9 Å². The van der Waals surface area contributed by atoms with E-state index in [0.29, 0.717) is 51.6 Å². The highest BCUT2D eigenvalue weighted by Gasteiger charge is 2.21. The van der Waals surface area contributed by atoms with Crippen LogP contribution in [0.3, 0.4) is 0 Å². The molecule has 72 heavy (non-hydrogen) atoms. The smallest absolute Gasteiger partial charge is 0.335 e. The second kappa shape index (κ2) is 47.8. The molecule has 8 N–H and O–H groups in total. The standard InChI is InChI=1S/C54H95N5O13/c1-2-3-4-5-6-7-8-9-10-12-15-18-24-48(42-56-32-21-20-23-46(55)43-60)72-41-40-69-37-34-58-52(63)44-70-39-38-68-36-33-57-50(61)31-30-49(54(66)67)59-51(62)25-19-16-13-11-14-17-22-35-71-47-28-26-45(27-29-47)53(64)65/h26-29,43,46,48-49,56H,2-25,30-42,44,55H2,1H3,(H,57,61)(H,58,63)(H,59,62)(H,64,65)(H,66,67)/t46-,48?,49-/m0/s1. The van der Waals surface area contributed by atoms with E-state index in [4.69, 9.17) is 34.5 Å². The first kappa shape index (κ1) is 65.8. The maximum absolute atomic E-state index is 12.4. The van der Waals surface area contributed by atoms with E-state index in [9.17, 15) is 33.9 Å². The van der Waals surface area contributed by atoms with Crippen LogP contribution in [0.1, 0.15) is 184 Å². The fraction of sp³-hybridized carbons (Fsp3) is 0.778. The number of carbonyl (C=O) groups excluding carboxylic acids is 4. The van der Waals surface area contributed by atoms with Crippen LogP contribution < -0.4 is 31.7 Å². The summed E-state index contributed by atoms with van der Waals surface area (Å²) in [5, 5.41) is 30.0. The average Bonchev–Trinajstić information content (AvgIpc) is 3.37. The second-order valence-electron chi connectivity index (χ2n) is 18.5. The molecule has 1 rings (SSSR count). The lowest BCUT2D eigenvalue weighted by Gasteiger charge is -2.19. The van der Waals surface area contributed by atoms with Gasteiger partial charge in [0.1, 0.15) is 24.7 Å². The van der Waals surface area contributed by atoms with Gasteiger partial charge in [0.05, 0.1) is 64.0 Å². The molecule has 0 aliphatic rings. The van der Waals surface area contributed by atoms with Crippen LogP contribution in [0.2, 0.25) is 0 Å². The second-order valence-corrected chi connectivity index (χ2v) is 18.5. The summed E-state index contributed by atoms with van der Waals surface area (Å²) in [6, 6.07) is 4.78. The van der Waals surface area contributed by atoms with Crippen LogP contribution in [0.15, 0.2) is 24.3 Å². The van der Waals surface area contributed by atoms with E-state index < -0.39 is 18.0 Å². The van der Waals surface area contributed by atoms with Crippen LogP contribution in [0, 0.1) is 0 Å². The van der Waals surface area contributed by atoms with Crippen molar-refractivity contribution in [3.63, 3.8) is 0 Å². The Bertz CT molecular complexity index is 1520. The van der Waals surface area contributed by atoms with E-state index in [1.807, 2.05) is 0 Å². The van der Waals surface area contributed by atoms with E-state index in [1.165, 1.54) is 82.8 Å². The number of nitrogens with two attached hydrogens (primary N) is 1. The van der Waals surface area contributed by atoms with Crippen molar-refractivity contribution >= 4 is 35.9 Å². The predicted molar refractivity (Wildman–Crippen MR) is 279 cm³/mol. The zero-order chi connectivity index (χ0) is 52.5. The van der Waals surface area contributed by atoms with Gasteiger partial charge in [-0.05, 0) is 69.3 Å². The van der Waals surface area contributed by atoms with Gasteiger partial charge >= 0.3 is 11.9 Å². The summed E-state index contributed by atoms with van der Waals surface area (Å²) in [6.07, 6.45) is 26.6. The van der Waals surface area contributed by atoms with E-state index in [0.717, 1.165) is 83.6 Å². The number of carbonyl (C=O) groups is 6. The molecule has 0 heterocycles. The van der Waals surface area contributed by atoms with Crippen molar-refractivity contribution in [2.24, 2.45) is 5.73 Å². The Labute approximate surface area is 431 Å². The molecule has 1 aromatic carbocycles. The van der Waals surface area contributed by atoms with E-state index in [1.54, 1.807) is 12.1 Å². The minimum atomic E-state index is -1.19. The first-order valence-corrected chi connectivity index (χ1v) is 27.3. The highest BCUT2D eigenvalue weighted by atomic mass is 16.5. The first-order chi connectivity index (χ1) is 35.0. The topological polar surface area (TPSA) is 263 Å². The molecular formula is C54H95N5O13. The maximum Gasteiger partial charge on any atom is 0.335 e. The fourth-order valence-corrected chi connectivity index (χ4v) is 7.80. The number of aliphatic carboxylic acids is 1. The van der Waals surface area contributed by atoms with Crippen LogP contribution in [0.5, 0.6) is 5.75 Å². The van der Waals surface area contributed by atoms with Crippen molar-refractivity contribution in [3.8, 4) is 5.75 Å². The third-order valence-corrected chi connectivity index (χ3v) is 12.1. The third-order valence-electron chi connectivity index (χ3n) is 12.1. The van der Waals surface area contributed by atoms with Crippen LogP contribution in [-0.4, -0.2) is 143 Å². The molecule has 0 saturated heterocycles. The molecule has 0 radical (unpaired) electrons. The Morgan fingerprint density at radius 3 is 1.74 bits per heavy atom. The molecule has 0 spiro atoms. The molecule has 0 aromatic heterocycles. The van der Waals surface area contributed by atoms with Crippen molar-refractivity contribution in [2.75, 3.05) is 79.0 Å². The summed E-state index contributed by atoms with van der Waals surface area (Å²) < 4.78 is 28.4. The van der Waals surface area contributed by atoms with Crippen LogP contribution in [0.25, 0.3) is 0 Å². The molecule has 3 atom stereocenters. The molecular weight excluding hydrogens is 927 g/mol. The lowest BCUT2D eigenvalue weighted by atomic mass is 10.0. The predicted octanol–water partition coefficient (Wildman–Crippen LogP) is 7.28. The van der Waals surface area contributed by atoms with Gasteiger partial charge in [-0.1, -0.05) is 122 Å². The van der Waals surface area contributed by atoms with Gasteiger partial charge in [-0.15, -0.1) is 0 Å². The van der Waals surface area contributed by atoms with Crippen molar-refractivity contribution in [1.29, 1.82) is 0 Å². The lowest BCUT2D eigenvalue weighted by Crippen LogP contribution is -2.41. The van der Waals surface area contributed by atoms with Gasteiger partial charge in [-0.2, -0.15) is 0 Å². The number of carboxylic acids is 2. The number of amides is 3. The van der Waals surface area contributed by atoms with E-state index >= 15 is 0 Å². The van der Waals surface area contributed by atoms with Gasteiger partial charge in [-0.25, -0.2) is 9.59 Å². The number of aromatic carboxylic acids is 1. The highest BCUT2D eigenvalue weighted by Crippen LogP contribution is 2.16. The molecule has 18 nitrogen and oxygen atoms in total. The molecule has 0 fully saturated rings. The summed E-state index contributed by atoms with van der Waals surface area (Å²) in [5.41, 5.74) is 5.92. The Balaban J connectivity index is 2.06. The van der Waals surface area contributed by atoms with Crippen LogP contribution >= 0.6 is 0 Å². The minimum Gasteiger partial charge on any atom is -0.494 e. The Morgan fingerprint density at radius 1 is 0.569 bits per heavy atom. The monoisotopic (exact) mass is 1020 g/mol. The molecule has 3 amide bonds. The third kappa shape index (κ3) is 41.3. The van der Waals surface area contributed by atoms with E-state index in [2.05, 4.69) is 28.2 Å². The van der Waals surface area contributed by atoms with Crippen LogP contribution in [0.4, 0.5) is 0 Å². The average molecular weight is 1020 g/mol. The van der Waals surface area contributed by atoms with Gasteiger partial charge in [0, 0.05) is 32.5 Å². The lowest BCUT2D eigenvalue weighted by molar-refractivity contribution is -0.142. The van der Waals surface area contributed by atoms with Crippen molar-refractivity contribution in [3.05, 3.63) is 29.8 Å². The minimum absolute atomic E-state index is 0.0384. The summed E-state index contributed by atoms with van der Waals surface area (Å²) in [6.45, 7) is 6.70. The zero-order valence-corrected chi connectivity index (χ0v) is 44.0. The zero-order valence-electron chi connectivity index (χ0n) is 44.0. The van der Waals surface area contributed by atoms with Gasteiger partial charge in [0.25, 0.3) is 0 Å². The molecule has 0 bridgehead atoms. The number of benzene rings is 1. The molecule has 0 saturated carbocycles. The van der Waals surface area contributed by atoms with Gasteiger partial charge in [0.2, 0.25) is 17.7 Å². The normalized spacial score (nSPS) is 12.5. The number of rotatable bonds is 53. The Morgan fingerprint density at radius 2 is 1.12 bits per heavy atom. The molecule has 0 aliphatic carbocycles. The number of carboxylic acid groups (broad SMARTS) is 2. The first-order valence-electron chi connectivity index (χ1n) is 27.3. The van der Waals surface area contributed by atoms with Crippen molar-refractivity contribution in [2.45, 2.75) is 192 Å². The number of ether oxygens (including phenoxy) is 5. The summed E-state index contributed by atoms with van der Waals surface area (Å²) in [7, 11) is 0. The largest absolute Gasteiger partial charge is 0.494 e. The van der Waals surface area contributed by atoms with Gasteiger partial charge in [0.15, 0.2) is 0 Å². The highest BCUT2D eigenvalue weighted by molar-refractivity contribution is 5.87. The summed E-state index contributed by atoms with van der Waals surface area (Å²) >= 11 is 0. The Hall–Kier alpha value is -4.20. The molecule has 414 valence electrons. The number of unbranched alkanes of at least 4 members (excludes halogenated alkanes) is 18. The summed E-state index contributed by atoms with van der Waals surface area (Å²) in [5.74, 6) is -2.51. The maximum atomic E-state index is 12.4. The SMILES string of the molecule is CCCCCCCCCCCCCCC(CNCCCC[C@H](N)C=O)OCCOCCNC(=O)COCCOCCNC(=O)CC[C@H](NC(=O)CCCCCCCCCOc1ccc(C(=O)O)cc1)C(=O)O. The molecule has 1 unspecified atom stereocenters. The quantitative estimate of drug-likeness (QED) is 0.0250. The van der Waals surface area contributed by atoms with Gasteiger partial charge < -0.3 is 65.7 Å². The summed E-state index contributed by atoms with van der Waals surface area (Å²) in [4.78, 5) is 70.3. The van der Waals surface area contributed by atoms with Crippen molar-refractivity contribution < 1.29 is 62.7 Å². The Kier molecular flexibility index (Phi) is 43.7. The van der Waals surface area contributed by atoms with Gasteiger partial charge in [-0.3, -0.25) is 14.4 Å². The number of nitrogens with one attached hydrogen (secondary N) is 4. The van der Waals surface area contributed by atoms with Crippen molar-refractivity contribution in [1.82, 2.24) is 21.3 Å². The number of aldehydes is 1. The fourth-order valence-electron chi connectivity index (χ4n) is 7.80. The molecule has 18 heteroatoms. The number of hydrogen-bond acceptors (Lipinski definition) is 13. The number of hydrogen-bond donors (Lipinski definition) is 7.